The molecule has 0 aromatic carbocycles. The quantitative estimate of drug-likeness (QED) is 0.795. The smallest absolute Gasteiger partial charge is 0.350 e. The van der Waals surface area contributed by atoms with Crippen LogP contribution in [0.15, 0.2) is 16.8 Å². The summed E-state index contributed by atoms with van der Waals surface area (Å²) in [5.41, 5.74) is 1.60. The summed E-state index contributed by atoms with van der Waals surface area (Å²) in [5.74, 6) is -0.835. The molecule has 0 spiro atoms. The highest BCUT2D eigenvalue weighted by molar-refractivity contribution is 7.17. The average molecular weight is 366 g/mol. The molecule has 1 atom stereocenters. The molecule has 2 aromatic rings. The van der Waals surface area contributed by atoms with Gasteiger partial charge in [-0.05, 0) is 31.2 Å². The summed E-state index contributed by atoms with van der Waals surface area (Å²) >= 11 is 2.86. The Bertz CT molecular complexity index is 706. The summed E-state index contributed by atoms with van der Waals surface area (Å²) in [7, 11) is 0. The Balaban J connectivity index is 1.50. The molecule has 0 unspecified atom stereocenters. The van der Waals surface area contributed by atoms with Gasteiger partial charge in [-0.2, -0.15) is 11.3 Å². The van der Waals surface area contributed by atoms with Gasteiger partial charge < -0.3 is 14.8 Å². The maximum absolute atomic E-state index is 12.2. The number of esters is 1. The van der Waals surface area contributed by atoms with Crippen LogP contribution >= 0.6 is 22.7 Å². The highest BCUT2D eigenvalue weighted by atomic mass is 32.1. The normalized spacial score (nSPS) is 17.0. The molecule has 0 radical (unpaired) electrons. The molecule has 6 nitrogen and oxygen atoms in total. The molecule has 1 aliphatic heterocycles. The molecule has 3 heterocycles. The third kappa shape index (κ3) is 4.19. The molecule has 1 aliphatic rings. The lowest BCUT2D eigenvalue weighted by atomic mass is 10.2. The number of carbonyl (C=O) groups is 2. The molecule has 1 saturated heterocycles. The van der Waals surface area contributed by atoms with E-state index in [9.17, 15) is 9.59 Å². The Labute approximate surface area is 147 Å². The van der Waals surface area contributed by atoms with Crippen LogP contribution in [0.25, 0.3) is 10.6 Å². The third-order valence-corrected chi connectivity index (χ3v) is 5.51. The number of amides is 1. The van der Waals surface area contributed by atoms with Crippen LogP contribution in [0.2, 0.25) is 0 Å². The van der Waals surface area contributed by atoms with Crippen molar-refractivity contribution in [3.8, 4) is 10.6 Å². The van der Waals surface area contributed by atoms with E-state index in [2.05, 4.69) is 10.3 Å². The van der Waals surface area contributed by atoms with Crippen LogP contribution in [-0.2, 0) is 14.3 Å². The number of carbonyl (C=O) groups excluding carboxylic acids is 2. The second-order valence-electron chi connectivity index (χ2n) is 5.46. The minimum atomic E-state index is -0.515. The summed E-state index contributed by atoms with van der Waals surface area (Å²) < 4.78 is 10.5. The van der Waals surface area contributed by atoms with Gasteiger partial charge in [-0.15, -0.1) is 11.3 Å². The molecule has 3 rings (SSSR count). The van der Waals surface area contributed by atoms with Crippen molar-refractivity contribution < 1.29 is 19.1 Å². The Morgan fingerprint density at radius 1 is 1.50 bits per heavy atom. The van der Waals surface area contributed by atoms with Gasteiger partial charge in [-0.3, -0.25) is 4.79 Å². The molecular weight excluding hydrogens is 348 g/mol. The molecule has 8 heteroatoms. The van der Waals surface area contributed by atoms with E-state index in [1.165, 1.54) is 11.3 Å². The van der Waals surface area contributed by atoms with Gasteiger partial charge in [0.15, 0.2) is 6.61 Å². The van der Waals surface area contributed by atoms with Gasteiger partial charge in [0, 0.05) is 24.1 Å². The molecule has 1 amide bonds. The number of rotatable bonds is 6. The van der Waals surface area contributed by atoms with E-state index in [1.54, 1.807) is 18.3 Å². The molecule has 1 N–H and O–H groups in total. The number of aryl methyl sites for hydroxylation is 1. The number of nitrogens with zero attached hydrogens (tertiary/aromatic N) is 1. The summed E-state index contributed by atoms with van der Waals surface area (Å²) in [4.78, 5) is 28.7. The Morgan fingerprint density at radius 3 is 3.08 bits per heavy atom. The molecule has 0 saturated carbocycles. The van der Waals surface area contributed by atoms with E-state index in [1.807, 2.05) is 16.8 Å². The van der Waals surface area contributed by atoms with Crippen molar-refractivity contribution in [1.82, 2.24) is 10.3 Å². The second-order valence-corrected chi connectivity index (χ2v) is 7.24. The van der Waals surface area contributed by atoms with Crippen molar-refractivity contribution >= 4 is 34.6 Å². The largest absolute Gasteiger partial charge is 0.451 e. The van der Waals surface area contributed by atoms with Crippen LogP contribution in [0.3, 0.4) is 0 Å². The van der Waals surface area contributed by atoms with Crippen molar-refractivity contribution in [2.45, 2.75) is 25.9 Å². The molecule has 2 aromatic heterocycles. The van der Waals surface area contributed by atoms with Crippen LogP contribution in [0.5, 0.6) is 0 Å². The van der Waals surface area contributed by atoms with Gasteiger partial charge in [0.05, 0.1) is 11.8 Å². The number of hydrogen-bond acceptors (Lipinski definition) is 7. The molecule has 0 aliphatic carbocycles. The number of thiazole rings is 1. The van der Waals surface area contributed by atoms with E-state index >= 15 is 0 Å². The number of thiophene rings is 1. The molecular formula is C16H18N2O4S2. The van der Waals surface area contributed by atoms with Crippen LogP contribution in [0.1, 0.15) is 28.2 Å². The van der Waals surface area contributed by atoms with Crippen LogP contribution in [-0.4, -0.2) is 42.7 Å². The number of aromatic nitrogens is 1. The number of ether oxygens (including phenoxy) is 2. The Morgan fingerprint density at radius 2 is 2.38 bits per heavy atom. The van der Waals surface area contributed by atoms with Gasteiger partial charge in [0.25, 0.3) is 5.91 Å². The van der Waals surface area contributed by atoms with E-state index < -0.39 is 5.97 Å². The van der Waals surface area contributed by atoms with Gasteiger partial charge in [0.1, 0.15) is 9.88 Å². The number of nitrogens with one attached hydrogen (secondary N) is 1. The van der Waals surface area contributed by atoms with E-state index in [4.69, 9.17) is 9.47 Å². The highest BCUT2D eigenvalue weighted by Crippen LogP contribution is 2.29. The fraction of sp³-hybridized carbons (Fsp3) is 0.438. The fourth-order valence-electron chi connectivity index (χ4n) is 2.38. The van der Waals surface area contributed by atoms with Crippen LogP contribution in [0, 0.1) is 6.92 Å². The zero-order valence-corrected chi connectivity index (χ0v) is 14.9. The van der Waals surface area contributed by atoms with Gasteiger partial charge in [-0.25, -0.2) is 9.78 Å². The standard InChI is InChI=1S/C16H18N2O4S2/c1-10-14(24-15(18-10)11-4-6-23-9-11)16(20)22-8-13(19)17-7-12-3-2-5-21-12/h4,6,9,12H,2-3,5,7-8H2,1H3,(H,17,19)/t12-/m0/s1. The maximum Gasteiger partial charge on any atom is 0.350 e. The van der Waals surface area contributed by atoms with Crippen molar-refractivity contribution in [1.29, 1.82) is 0 Å². The predicted molar refractivity (Wildman–Crippen MR) is 92.4 cm³/mol. The molecule has 1 fully saturated rings. The summed E-state index contributed by atoms with van der Waals surface area (Å²) in [6.45, 7) is 2.67. The van der Waals surface area contributed by atoms with Gasteiger partial charge >= 0.3 is 5.97 Å². The topological polar surface area (TPSA) is 77.5 Å². The summed E-state index contributed by atoms with van der Waals surface area (Å²) in [6.07, 6.45) is 2.04. The van der Waals surface area contributed by atoms with Crippen molar-refractivity contribution in [2.75, 3.05) is 19.8 Å². The second kappa shape index (κ2) is 7.87. The molecule has 24 heavy (non-hydrogen) atoms. The zero-order chi connectivity index (χ0) is 16.9. The van der Waals surface area contributed by atoms with Crippen LogP contribution in [0.4, 0.5) is 0 Å². The van der Waals surface area contributed by atoms with Crippen molar-refractivity contribution in [2.24, 2.45) is 0 Å². The Kier molecular flexibility index (Phi) is 5.60. The zero-order valence-electron chi connectivity index (χ0n) is 13.2. The van der Waals surface area contributed by atoms with E-state index in [0.717, 1.165) is 30.0 Å². The first-order chi connectivity index (χ1) is 11.6. The van der Waals surface area contributed by atoms with Crippen LogP contribution < -0.4 is 5.32 Å². The summed E-state index contributed by atoms with van der Waals surface area (Å²) in [6, 6.07) is 1.95. The fourth-order valence-corrected chi connectivity index (χ4v) is 4.05. The van der Waals surface area contributed by atoms with Gasteiger partial charge in [0.2, 0.25) is 0 Å². The lowest BCUT2D eigenvalue weighted by Crippen LogP contribution is -2.34. The lowest BCUT2D eigenvalue weighted by molar-refractivity contribution is -0.124. The first-order valence-electron chi connectivity index (χ1n) is 7.69. The highest BCUT2D eigenvalue weighted by Gasteiger charge is 2.20. The van der Waals surface area contributed by atoms with E-state index in [-0.39, 0.29) is 18.6 Å². The SMILES string of the molecule is Cc1nc(-c2ccsc2)sc1C(=O)OCC(=O)NC[C@@H]1CCCO1. The first-order valence-corrected chi connectivity index (χ1v) is 9.45. The minimum absolute atomic E-state index is 0.0709. The van der Waals surface area contributed by atoms with E-state index in [0.29, 0.717) is 17.1 Å². The third-order valence-electron chi connectivity index (χ3n) is 3.64. The monoisotopic (exact) mass is 366 g/mol. The predicted octanol–water partition coefficient (Wildman–Crippen LogP) is 2.63. The molecule has 0 bridgehead atoms. The van der Waals surface area contributed by atoms with Gasteiger partial charge in [-0.1, -0.05) is 0 Å². The Hall–Kier alpha value is -1.77. The summed E-state index contributed by atoms with van der Waals surface area (Å²) in [5, 5.41) is 7.44. The number of hydrogen-bond donors (Lipinski definition) is 1. The first kappa shape index (κ1) is 17.1. The van der Waals surface area contributed by atoms with Crippen molar-refractivity contribution in [3.63, 3.8) is 0 Å². The maximum atomic E-state index is 12.2. The average Bonchev–Trinajstić information content (AvgIpc) is 3.30. The molecule has 128 valence electrons. The van der Waals surface area contributed by atoms with Crippen molar-refractivity contribution in [3.05, 3.63) is 27.4 Å². The minimum Gasteiger partial charge on any atom is -0.451 e. The lowest BCUT2D eigenvalue weighted by Gasteiger charge is -2.10.